The highest BCUT2D eigenvalue weighted by molar-refractivity contribution is 7.99. The van der Waals surface area contributed by atoms with Gasteiger partial charge in [0.25, 0.3) is 5.91 Å². The van der Waals surface area contributed by atoms with Gasteiger partial charge in [0.05, 0.1) is 0 Å². The van der Waals surface area contributed by atoms with Crippen LogP contribution in [0, 0.1) is 6.92 Å². The maximum absolute atomic E-state index is 12.6. The van der Waals surface area contributed by atoms with E-state index in [0.717, 1.165) is 27.9 Å². The standard InChI is InChI=1S/C18H17N3OS/c1-3-23-18-19-12(2)11-16(21-18)17(22)20-15-10-6-8-13-7-4-5-9-14(13)15/h4-11H,3H2,1-2H3,(H,20,22). The van der Waals surface area contributed by atoms with Crippen molar-refractivity contribution in [3.8, 4) is 0 Å². The van der Waals surface area contributed by atoms with Gasteiger partial charge >= 0.3 is 0 Å². The highest BCUT2D eigenvalue weighted by Crippen LogP contribution is 2.23. The number of anilines is 1. The molecule has 3 rings (SSSR count). The summed E-state index contributed by atoms with van der Waals surface area (Å²) in [5.74, 6) is 0.651. The zero-order valence-corrected chi connectivity index (χ0v) is 13.9. The number of carbonyl (C=O) groups excluding carboxylic acids is 1. The van der Waals surface area contributed by atoms with E-state index in [4.69, 9.17) is 0 Å². The Bertz CT molecular complexity index is 859. The molecule has 3 aromatic rings. The molecule has 0 radical (unpaired) electrons. The SMILES string of the molecule is CCSc1nc(C)cc(C(=O)Nc2cccc3ccccc23)n1. The van der Waals surface area contributed by atoms with Gasteiger partial charge in [-0.15, -0.1) is 0 Å². The molecule has 0 aliphatic heterocycles. The molecule has 0 fully saturated rings. The average Bonchev–Trinajstić information content (AvgIpc) is 2.55. The van der Waals surface area contributed by atoms with Crippen molar-refractivity contribution in [3.05, 3.63) is 59.9 Å². The van der Waals surface area contributed by atoms with Crippen LogP contribution in [0.5, 0.6) is 0 Å². The van der Waals surface area contributed by atoms with Crippen molar-refractivity contribution >= 4 is 34.1 Å². The lowest BCUT2D eigenvalue weighted by molar-refractivity contribution is 0.102. The molecule has 0 saturated carbocycles. The number of hydrogen-bond acceptors (Lipinski definition) is 4. The number of thioether (sulfide) groups is 1. The van der Waals surface area contributed by atoms with Crippen molar-refractivity contribution in [2.45, 2.75) is 19.0 Å². The van der Waals surface area contributed by atoms with Gasteiger partial charge in [-0.3, -0.25) is 4.79 Å². The van der Waals surface area contributed by atoms with E-state index in [-0.39, 0.29) is 5.91 Å². The summed E-state index contributed by atoms with van der Waals surface area (Å²) < 4.78 is 0. The summed E-state index contributed by atoms with van der Waals surface area (Å²) in [6.07, 6.45) is 0. The molecule has 1 heterocycles. The summed E-state index contributed by atoms with van der Waals surface area (Å²) >= 11 is 1.53. The van der Waals surface area contributed by atoms with Crippen molar-refractivity contribution in [1.29, 1.82) is 0 Å². The van der Waals surface area contributed by atoms with Gasteiger partial charge in [-0.1, -0.05) is 55.1 Å². The summed E-state index contributed by atoms with van der Waals surface area (Å²) in [5.41, 5.74) is 1.97. The van der Waals surface area contributed by atoms with Gasteiger partial charge in [0.15, 0.2) is 5.16 Å². The quantitative estimate of drug-likeness (QED) is 0.574. The summed E-state index contributed by atoms with van der Waals surface area (Å²) in [4.78, 5) is 21.2. The Morgan fingerprint density at radius 2 is 1.91 bits per heavy atom. The lowest BCUT2D eigenvalue weighted by Gasteiger charge is -2.09. The number of hydrogen-bond donors (Lipinski definition) is 1. The predicted molar refractivity (Wildman–Crippen MR) is 95.1 cm³/mol. The van der Waals surface area contributed by atoms with E-state index in [1.807, 2.05) is 56.3 Å². The van der Waals surface area contributed by atoms with Crippen molar-refractivity contribution < 1.29 is 4.79 Å². The van der Waals surface area contributed by atoms with Crippen LogP contribution in [0.2, 0.25) is 0 Å². The van der Waals surface area contributed by atoms with Crippen LogP contribution in [-0.2, 0) is 0 Å². The Hall–Kier alpha value is -2.40. The number of nitrogens with zero attached hydrogens (tertiary/aromatic N) is 2. The van der Waals surface area contributed by atoms with Gasteiger partial charge in [-0.2, -0.15) is 0 Å². The van der Waals surface area contributed by atoms with Crippen molar-refractivity contribution in [1.82, 2.24) is 9.97 Å². The molecular weight excluding hydrogens is 306 g/mol. The predicted octanol–water partition coefficient (Wildman–Crippen LogP) is 4.30. The van der Waals surface area contributed by atoms with Crippen LogP contribution < -0.4 is 5.32 Å². The maximum Gasteiger partial charge on any atom is 0.274 e. The first-order chi connectivity index (χ1) is 11.2. The van der Waals surface area contributed by atoms with Crippen LogP contribution >= 0.6 is 11.8 Å². The number of aryl methyl sites for hydroxylation is 1. The molecule has 0 bridgehead atoms. The van der Waals surface area contributed by atoms with Crippen LogP contribution in [-0.4, -0.2) is 21.6 Å². The highest BCUT2D eigenvalue weighted by atomic mass is 32.2. The molecule has 2 aromatic carbocycles. The van der Waals surface area contributed by atoms with Crippen LogP contribution in [0.4, 0.5) is 5.69 Å². The van der Waals surface area contributed by atoms with Crippen molar-refractivity contribution in [3.63, 3.8) is 0 Å². The second kappa shape index (κ2) is 6.79. The number of benzene rings is 2. The normalized spacial score (nSPS) is 10.7. The Morgan fingerprint density at radius 3 is 2.74 bits per heavy atom. The van der Waals surface area contributed by atoms with E-state index >= 15 is 0 Å². The van der Waals surface area contributed by atoms with Gasteiger partial charge < -0.3 is 5.32 Å². The Labute approximate surface area is 139 Å². The van der Waals surface area contributed by atoms with E-state index in [1.54, 1.807) is 6.07 Å². The van der Waals surface area contributed by atoms with E-state index in [2.05, 4.69) is 15.3 Å². The minimum Gasteiger partial charge on any atom is -0.320 e. The molecule has 1 amide bonds. The largest absolute Gasteiger partial charge is 0.320 e. The highest BCUT2D eigenvalue weighted by Gasteiger charge is 2.12. The first kappa shape index (κ1) is 15.5. The molecule has 1 aromatic heterocycles. The molecule has 1 N–H and O–H groups in total. The molecule has 0 aliphatic carbocycles. The molecule has 0 unspecified atom stereocenters. The fourth-order valence-corrected chi connectivity index (χ4v) is 3.00. The molecule has 0 spiro atoms. The molecule has 116 valence electrons. The number of aromatic nitrogens is 2. The van der Waals surface area contributed by atoms with Crippen molar-refractivity contribution in [2.75, 3.05) is 11.1 Å². The molecule has 4 nitrogen and oxygen atoms in total. The maximum atomic E-state index is 12.6. The summed E-state index contributed by atoms with van der Waals surface area (Å²) in [6, 6.07) is 15.5. The molecule has 0 saturated heterocycles. The third-order valence-electron chi connectivity index (χ3n) is 3.38. The van der Waals surface area contributed by atoms with Crippen LogP contribution in [0.3, 0.4) is 0 Å². The number of fused-ring (bicyclic) bond motifs is 1. The Balaban J connectivity index is 1.92. The van der Waals surface area contributed by atoms with E-state index < -0.39 is 0 Å². The minimum atomic E-state index is -0.218. The van der Waals surface area contributed by atoms with Crippen LogP contribution in [0.1, 0.15) is 23.1 Å². The van der Waals surface area contributed by atoms with Gasteiger partial charge in [-0.25, -0.2) is 9.97 Å². The van der Waals surface area contributed by atoms with Gasteiger partial charge in [0, 0.05) is 16.8 Å². The number of nitrogens with one attached hydrogen (secondary N) is 1. The zero-order valence-electron chi connectivity index (χ0n) is 13.0. The second-order valence-corrected chi connectivity index (χ2v) is 6.32. The molecule has 5 heteroatoms. The average molecular weight is 323 g/mol. The summed E-state index contributed by atoms with van der Waals surface area (Å²) in [5, 5.41) is 5.69. The Morgan fingerprint density at radius 1 is 1.13 bits per heavy atom. The lowest BCUT2D eigenvalue weighted by atomic mass is 10.1. The first-order valence-electron chi connectivity index (χ1n) is 7.45. The smallest absolute Gasteiger partial charge is 0.274 e. The van der Waals surface area contributed by atoms with Crippen LogP contribution in [0.15, 0.2) is 53.7 Å². The minimum absolute atomic E-state index is 0.218. The molecular formula is C18H17N3OS. The molecule has 0 aliphatic rings. The fraction of sp³-hybridized carbons (Fsp3) is 0.167. The fourth-order valence-electron chi connectivity index (χ4n) is 2.37. The Kier molecular flexibility index (Phi) is 4.57. The van der Waals surface area contributed by atoms with Gasteiger partial charge in [0.1, 0.15) is 5.69 Å². The van der Waals surface area contributed by atoms with Crippen LogP contribution in [0.25, 0.3) is 10.8 Å². The third-order valence-corrected chi connectivity index (χ3v) is 4.11. The topological polar surface area (TPSA) is 54.9 Å². The second-order valence-electron chi connectivity index (χ2n) is 5.09. The van der Waals surface area contributed by atoms with Gasteiger partial charge in [0.2, 0.25) is 0 Å². The van der Waals surface area contributed by atoms with E-state index in [1.165, 1.54) is 11.8 Å². The number of rotatable bonds is 4. The number of carbonyl (C=O) groups is 1. The first-order valence-corrected chi connectivity index (χ1v) is 8.43. The number of amides is 1. The lowest BCUT2D eigenvalue weighted by Crippen LogP contribution is -2.15. The zero-order chi connectivity index (χ0) is 16.2. The van der Waals surface area contributed by atoms with E-state index in [0.29, 0.717) is 10.9 Å². The monoisotopic (exact) mass is 323 g/mol. The molecule has 23 heavy (non-hydrogen) atoms. The van der Waals surface area contributed by atoms with Gasteiger partial charge in [-0.05, 0) is 30.2 Å². The molecule has 0 atom stereocenters. The van der Waals surface area contributed by atoms with E-state index in [9.17, 15) is 4.79 Å². The third kappa shape index (κ3) is 3.51. The summed E-state index contributed by atoms with van der Waals surface area (Å²) in [7, 11) is 0. The van der Waals surface area contributed by atoms with Crippen molar-refractivity contribution in [2.24, 2.45) is 0 Å². The summed E-state index contributed by atoms with van der Waals surface area (Å²) in [6.45, 7) is 3.91.